The predicted octanol–water partition coefficient (Wildman–Crippen LogP) is 4.62. The molecule has 0 fully saturated rings. The van der Waals surface area contributed by atoms with Gasteiger partial charge in [0.15, 0.2) is 0 Å². The first kappa shape index (κ1) is 16.4. The summed E-state index contributed by atoms with van der Waals surface area (Å²) in [4.78, 5) is 17.6. The van der Waals surface area contributed by atoms with Crippen molar-refractivity contribution in [3.8, 4) is 11.3 Å². The van der Waals surface area contributed by atoms with Gasteiger partial charge >= 0.3 is 0 Å². The Morgan fingerprint density at radius 3 is 2.65 bits per heavy atom. The molecule has 2 aromatic carbocycles. The molecule has 5 nitrogen and oxygen atoms in total. The smallest absolute Gasteiger partial charge is 0.258 e. The number of aryl methyl sites for hydroxylation is 2. The Hall–Kier alpha value is -3.12. The molecule has 26 heavy (non-hydrogen) atoms. The highest BCUT2D eigenvalue weighted by atomic mass is 32.1. The Morgan fingerprint density at radius 1 is 1.04 bits per heavy atom. The van der Waals surface area contributed by atoms with Crippen molar-refractivity contribution in [3.63, 3.8) is 0 Å². The fourth-order valence-electron chi connectivity index (χ4n) is 2.80. The average molecular weight is 360 g/mol. The molecule has 1 N–H and O–H groups in total. The maximum atomic E-state index is 12.8. The number of nitrogens with one attached hydrogen (secondary N) is 1. The van der Waals surface area contributed by atoms with Crippen molar-refractivity contribution in [3.05, 3.63) is 70.7 Å². The Kier molecular flexibility index (Phi) is 4.18. The molecule has 2 aromatic heterocycles. The Balaban J connectivity index is 1.85. The second-order valence-electron chi connectivity index (χ2n) is 6.07. The summed E-state index contributed by atoms with van der Waals surface area (Å²) in [7, 11) is 0. The fraction of sp³-hybridized carbons (Fsp3) is 0.100. The molecule has 2 heterocycles. The van der Waals surface area contributed by atoms with E-state index in [-0.39, 0.29) is 5.91 Å². The average Bonchev–Trinajstić information content (AvgIpc) is 3.16. The van der Waals surface area contributed by atoms with Gasteiger partial charge in [-0.25, -0.2) is 4.98 Å². The van der Waals surface area contributed by atoms with Gasteiger partial charge in [-0.15, -0.1) is 10.2 Å². The summed E-state index contributed by atoms with van der Waals surface area (Å²) in [6.07, 6.45) is 0. The van der Waals surface area contributed by atoms with Gasteiger partial charge in [0.25, 0.3) is 5.91 Å². The number of pyridine rings is 1. The number of carbonyl (C=O) groups is 1. The van der Waals surface area contributed by atoms with Gasteiger partial charge in [-0.2, -0.15) is 0 Å². The fourth-order valence-corrected chi connectivity index (χ4v) is 3.24. The molecule has 4 aromatic rings. The minimum absolute atomic E-state index is 0.217. The molecule has 1 amide bonds. The monoisotopic (exact) mass is 360 g/mol. The number of nitrogens with zero attached hydrogens (tertiary/aromatic N) is 3. The summed E-state index contributed by atoms with van der Waals surface area (Å²) in [5, 5.41) is 11.7. The zero-order chi connectivity index (χ0) is 18.1. The molecular weight excluding hydrogens is 344 g/mol. The SMILES string of the molecule is Cc1ccc(-c2cc(C(=O)Nc3nncs3)c3ccccc3n2)cc1C. The Bertz CT molecular complexity index is 1110. The summed E-state index contributed by atoms with van der Waals surface area (Å²) >= 11 is 1.29. The lowest BCUT2D eigenvalue weighted by atomic mass is 10.0. The van der Waals surface area contributed by atoms with Crippen LogP contribution in [0.4, 0.5) is 5.13 Å². The molecule has 0 aliphatic carbocycles. The van der Waals surface area contributed by atoms with Gasteiger partial charge in [-0.3, -0.25) is 10.1 Å². The summed E-state index contributed by atoms with van der Waals surface area (Å²) in [6, 6.07) is 15.7. The lowest BCUT2D eigenvalue weighted by Crippen LogP contribution is -2.13. The highest BCUT2D eigenvalue weighted by Gasteiger charge is 2.15. The van der Waals surface area contributed by atoms with Crippen LogP contribution in [0.25, 0.3) is 22.2 Å². The van der Waals surface area contributed by atoms with E-state index in [4.69, 9.17) is 4.98 Å². The minimum atomic E-state index is -0.217. The van der Waals surface area contributed by atoms with E-state index in [0.717, 1.165) is 22.2 Å². The third-order valence-electron chi connectivity index (χ3n) is 4.34. The van der Waals surface area contributed by atoms with E-state index in [1.54, 1.807) is 5.51 Å². The van der Waals surface area contributed by atoms with Crippen LogP contribution in [-0.2, 0) is 0 Å². The molecule has 0 unspecified atom stereocenters. The van der Waals surface area contributed by atoms with Crippen molar-refractivity contribution in [1.82, 2.24) is 15.2 Å². The van der Waals surface area contributed by atoms with Crippen LogP contribution in [0.2, 0.25) is 0 Å². The number of fused-ring (bicyclic) bond motifs is 1. The van der Waals surface area contributed by atoms with Crippen LogP contribution in [0.1, 0.15) is 21.5 Å². The van der Waals surface area contributed by atoms with Crippen molar-refractivity contribution >= 4 is 33.3 Å². The van der Waals surface area contributed by atoms with Crippen molar-refractivity contribution in [2.45, 2.75) is 13.8 Å². The van der Waals surface area contributed by atoms with Gasteiger partial charge in [0, 0.05) is 10.9 Å². The summed E-state index contributed by atoms with van der Waals surface area (Å²) in [5.74, 6) is -0.217. The molecule has 0 radical (unpaired) electrons. The first-order valence-electron chi connectivity index (χ1n) is 8.17. The predicted molar refractivity (Wildman–Crippen MR) is 105 cm³/mol. The van der Waals surface area contributed by atoms with Gasteiger partial charge in [0.2, 0.25) is 5.13 Å². The number of aromatic nitrogens is 3. The molecule has 0 atom stereocenters. The van der Waals surface area contributed by atoms with Crippen molar-refractivity contribution in [2.75, 3.05) is 5.32 Å². The van der Waals surface area contributed by atoms with Crippen LogP contribution in [0.3, 0.4) is 0 Å². The largest absolute Gasteiger partial charge is 0.296 e. The van der Waals surface area contributed by atoms with Crippen LogP contribution in [-0.4, -0.2) is 21.1 Å². The van der Waals surface area contributed by atoms with E-state index in [9.17, 15) is 4.79 Å². The summed E-state index contributed by atoms with van der Waals surface area (Å²) < 4.78 is 0. The lowest BCUT2D eigenvalue weighted by Gasteiger charge is -2.10. The summed E-state index contributed by atoms with van der Waals surface area (Å²) in [6.45, 7) is 4.15. The van der Waals surface area contributed by atoms with Gasteiger partial charge in [0.1, 0.15) is 5.51 Å². The van der Waals surface area contributed by atoms with Crippen LogP contribution in [0.15, 0.2) is 54.0 Å². The minimum Gasteiger partial charge on any atom is -0.296 e. The third-order valence-corrected chi connectivity index (χ3v) is 4.95. The van der Waals surface area contributed by atoms with Crippen molar-refractivity contribution in [2.24, 2.45) is 0 Å². The number of carbonyl (C=O) groups excluding carboxylic acids is 1. The maximum Gasteiger partial charge on any atom is 0.258 e. The number of hydrogen-bond donors (Lipinski definition) is 1. The van der Waals surface area contributed by atoms with Gasteiger partial charge < -0.3 is 0 Å². The van der Waals surface area contributed by atoms with E-state index < -0.39 is 0 Å². The number of benzene rings is 2. The molecule has 0 saturated carbocycles. The lowest BCUT2D eigenvalue weighted by molar-refractivity contribution is 0.102. The molecule has 128 valence electrons. The van der Waals surface area contributed by atoms with E-state index >= 15 is 0 Å². The number of rotatable bonds is 3. The normalized spacial score (nSPS) is 10.8. The number of amides is 1. The maximum absolute atomic E-state index is 12.8. The van der Waals surface area contributed by atoms with Gasteiger partial charge in [-0.05, 0) is 43.2 Å². The highest BCUT2D eigenvalue weighted by Crippen LogP contribution is 2.27. The van der Waals surface area contributed by atoms with Crippen LogP contribution < -0.4 is 5.32 Å². The topological polar surface area (TPSA) is 67.8 Å². The van der Waals surface area contributed by atoms with Crippen molar-refractivity contribution < 1.29 is 4.79 Å². The molecule has 0 aliphatic heterocycles. The van der Waals surface area contributed by atoms with E-state index in [0.29, 0.717) is 10.7 Å². The first-order valence-corrected chi connectivity index (χ1v) is 9.05. The van der Waals surface area contributed by atoms with Gasteiger partial charge in [0.05, 0.1) is 16.8 Å². The Labute approximate surface area is 154 Å². The standard InChI is InChI=1S/C20H16N4OS/c1-12-7-8-14(9-13(12)2)18-10-16(15-5-3-4-6-17(15)22-18)19(25)23-20-24-21-11-26-20/h3-11H,1-2H3,(H,23,24,25). The summed E-state index contributed by atoms with van der Waals surface area (Å²) in [5.41, 5.74) is 7.12. The zero-order valence-corrected chi connectivity index (χ0v) is 15.2. The molecule has 0 aliphatic rings. The number of para-hydroxylation sites is 1. The van der Waals surface area contributed by atoms with Crippen LogP contribution >= 0.6 is 11.3 Å². The molecule has 4 rings (SSSR count). The molecule has 0 spiro atoms. The second kappa shape index (κ2) is 6.65. The Morgan fingerprint density at radius 2 is 1.88 bits per heavy atom. The van der Waals surface area contributed by atoms with E-state index in [1.807, 2.05) is 36.4 Å². The molecule has 6 heteroatoms. The second-order valence-corrected chi connectivity index (χ2v) is 6.90. The van der Waals surface area contributed by atoms with Crippen LogP contribution in [0, 0.1) is 13.8 Å². The van der Waals surface area contributed by atoms with Gasteiger partial charge in [-0.1, -0.05) is 41.7 Å². The van der Waals surface area contributed by atoms with E-state index in [2.05, 4.69) is 41.5 Å². The third kappa shape index (κ3) is 3.07. The zero-order valence-electron chi connectivity index (χ0n) is 14.4. The van der Waals surface area contributed by atoms with Crippen LogP contribution in [0.5, 0.6) is 0 Å². The highest BCUT2D eigenvalue weighted by molar-refractivity contribution is 7.13. The number of hydrogen-bond acceptors (Lipinski definition) is 5. The van der Waals surface area contributed by atoms with Crippen molar-refractivity contribution in [1.29, 1.82) is 0 Å². The molecule has 0 bridgehead atoms. The first-order chi connectivity index (χ1) is 12.6. The quantitative estimate of drug-likeness (QED) is 0.579. The van der Waals surface area contributed by atoms with E-state index in [1.165, 1.54) is 22.5 Å². The molecular formula is C20H16N4OS. The number of anilines is 1. The molecule has 0 saturated heterocycles.